The number of hydrogen-bond acceptors (Lipinski definition) is 5. The number of alkyl carbamates (subject to hydrolysis) is 1. The van der Waals surface area contributed by atoms with Crippen LogP contribution in [0.3, 0.4) is 0 Å². The van der Waals surface area contributed by atoms with E-state index in [0.29, 0.717) is 0 Å². The molecule has 0 radical (unpaired) electrons. The number of carbonyl (C=O) groups excluding carboxylic acids is 3. The number of aliphatic carboxylic acids is 1. The van der Waals surface area contributed by atoms with Gasteiger partial charge in [0.25, 0.3) is 0 Å². The van der Waals surface area contributed by atoms with Crippen LogP contribution < -0.4 is 16.0 Å². The molecule has 0 fully saturated rings. The zero-order valence-corrected chi connectivity index (χ0v) is 14.1. The number of nitrogens with one attached hydrogen (secondary N) is 3. The predicted molar refractivity (Wildman–Crippen MR) is 92.3 cm³/mol. The van der Waals surface area contributed by atoms with Crippen molar-refractivity contribution in [2.24, 2.45) is 0 Å². The standard InChI is InChI=1S/C17H21N3O6/c1-2-8-26-17(25)19-10-14(21)18-11-15(22)20-13(16(23)24)9-12-6-4-3-5-7-12/h2-7,13H,1,8-11H2,(H,18,21)(H,19,25)(H,20,22)(H,23,24)/t13-/m0/s1. The highest BCUT2D eigenvalue weighted by atomic mass is 16.5. The first-order valence-corrected chi connectivity index (χ1v) is 7.76. The Morgan fingerprint density at radius 1 is 1.08 bits per heavy atom. The second-order valence-electron chi connectivity index (χ2n) is 5.17. The van der Waals surface area contributed by atoms with E-state index >= 15 is 0 Å². The van der Waals surface area contributed by atoms with Gasteiger partial charge in [0.1, 0.15) is 19.2 Å². The molecule has 0 bridgehead atoms. The summed E-state index contributed by atoms with van der Waals surface area (Å²) in [6.07, 6.45) is 0.698. The SMILES string of the molecule is C=CCOC(=O)NCC(=O)NCC(=O)N[C@@H](Cc1ccccc1)C(=O)O. The predicted octanol–water partition coefficient (Wildman–Crippen LogP) is -0.173. The summed E-state index contributed by atoms with van der Waals surface area (Å²) >= 11 is 0. The van der Waals surface area contributed by atoms with Gasteiger partial charge in [-0.2, -0.15) is 0 Å². The van der Waals surface area contributed by atoms with Crippen LogP contribution in [0.25, 0.3) is 0 Å². The number of ether oxygens (including phenoxy) is 1. The molecule has 0 aliphatic rings. The number of hydrogen-bond donors (Lipinski definition) is 4. The number of rotatable bonds is 10. The summed E-state index contributed by atoms with van der Waals surface area (Å²) in [5.74, 6) is -2.46. The van der Waals surface area contributed by atoms with Gasteiger partial charge in [0.15, 0.2) is 0 Å². The molecule has 26 heavy (non-hydrogen) atoms. The van der Waals surface area contributed by atoms with Gasteiger partial charge in [-0.3, -0.25) is 9.59 Å². The summed E-state index contributed by atoms with van der Waals surface area (Å²) in [4.78, 5) is 45.8. The maximum absolute atomic E-state index is 11.8. The third-order valence-corrected chi connectivity index (χ3v) is 3.09. The normalized spacial score (nSPS) is 10.9. The van der Waals surface area contributed by atoms with Crippen LogP contribution in [0.5, 0.6) is 0 Å². The smallest absolute Gasteiger partial charge is 0.407 e. The van der Waals surface area contributed by atoms with Gasteiger partial charge in [0.2, 0.25) is 11.8 Å². The van der Waals surface area contributed by atoms with Gasteiger partial charge in [-0.05, 0) is 5.56 Å². The number of benzene rings is 1. The molecule has 4 N–H and O–H groups in total. The maximum atomic E-state index is 11.8. The molecule has 0 aromatic heterocycles. The Kier molecular flexibility index (Phi) is 8.94. The van der Waals surface area contributed by atoms with Crippen molar-refractivity contribution in [3.8, 4) is 0 Å². The second kappa shape index (κ2) is 11.2. The first-order valence-electron chi connectivity index (χ1n) is 7.76. The largest absolute Gasteiger partial charge is 0.480 e. The lowest BCUT2D eigenvalue weighted by Crippen LogP contribution is -2.47. The zero-order chi connectivity index (χ0) is 19.4. The van der Waals surface area contributed by atoms with E-state index in [0.717, 1.165) is 5.56 Å². The van der Waals surface area contributed by atoms with Crippen molar-refractivity contribution in [1.29, 1.82) is 0 Å². The van der Waals surface area contributed by atoms with E-state index in [-0.39, 0.29) is 19.6 Å². The molecule has 140 valence electrons. The molecule has 0 aliphatic heterocycles. The van der Waals surface area contributed by atoms with E-state index in [4.69, 9.17) is 0 Å². The summed E-state index contributed by atoms with van der Waals surface area (Å²) in [7, 11) is 0. The van der Waals surface area contributed by atoms with Crippen LogP contribution in [-0.4, -0.2) is 54.7 Å². The average Bonchev–Trinajstić information content (AvgIpc) is 2.63. The van der Waals surface area contributed by atoms with Crippen LogP contribution in [0.15, 0.2) is 43.0 Å². The molecule has 3 amide bonds. The minimum Gasteiger partial charge on any atom is -0.480 e. The van der Waals surface area contributed by atoms with E-state index in [1.807, 2.05) is 0 Å². The topological polar surface area (TPSA) is 134 Å². The Morgan fingerprint density at radius 3 is 2.35 bits per heavy atom. The Labute approximate surface area is 150 Å². The highest BCUT2D eigenvalue weighted by Gasteiger charge is 2.20. The summed E-state index contributed by atoms with van der Waals surface area (Å²) in [6, 6.07) is 7.72. The van der Waals surface area contributed by atoms with Crippen LogP contribution in [-0.2, 0) is 25.5 Å². The Morgan fingerprint density at radius 2 is 1.73 bits per heavy atom. The van der Waals surface area contributed by atoms with Gasteiger partial charge in [-0.1, -0.05) is 43.0 Å². The van der Waals surface area contributed by atoms with Gasteiger partial charge in [0, 0.05) is 6.42 Å². The first-order chi connectivity index (χ1) is 12.4. The second-order valence-corrected chi connectivity index (χ2v) is 5.17. The zero-order valence-electron chi connectivity index (χ0n) is 14.1. The van der Waals surface area contributed by atoms with Crippen molar-refractivity contribution < 1.29 is 29.0 Å². The molecule has 0 heterocycles. The molecule has 1 rings (SSSR count). The van der Waals surface area contributed by atoms with Crippen LogP contribution >= 0.6 is 0 Å². The minimum atomic E-state index is -1.18. The van der Waals surface area contributed by atoms with Gasteiger partial charge in [-0.25, -0.2) is 9.59 Å². The molecule has 9 heteroatoms. The molecule has 0 unspecified atom stereocenters. The molecule has 1 aromatic rings. The van der Waals surface area contributed by atoms with E-state index in [1.165, 1.54) is 6.08 Å². The Hall–Kier alpha value is -3.36. The number of amides is 3. The average molecular weight is 363 g/mol. The van der Waals surface area contributed by atoms with Crippen LogP contribution in [0.1, 0.15) is 5.56 Å². The molecule has 1 aromatic carbocycles. The van der Waals surface area contributed by atoms with E-state index in [9.17, 15) is 24.3 Å². The van der Waals surface area contributed by atoms with Crippen molar-refractivity contribution in [3.63, 3.8) is 0 Å². The third-order valence-electron chi connectivity index (χ3n) is 3.09. The van der Waals surface area contributed by atoms with E-state index in [2.05, 4.69) is 27.3 Å². The molecule has 1 atom stereocenters. The summed E-state index contributed by atoms with van der Waals surface area (Å²) in [6.45, 7) is 2.58. The van der Waals surface area contributed by atoms with E-state index < -0.39 is 36.5 Å². The van der Waals surface area contributed by atoms with E-state index in [1.54, 1.807) is 30.3 Å². The fourth-order valence-corrected chi connectivity index (χ4v) is 1.87. The lowest BCUT2D eigenvalue weighted by molar-refractivity contribution is -0.141. The molecule has 0 aliphatic carbocycles. The van der Waals surface area contributed by atoms with Crippen LogP contribution in [0.2, 0.25) is 0 Å². The molecular formula is C17H21N3O6. The maximum Gasteiger partial charge on any atom is 0.407 e. The van der Waals surface area contributed by atoms with Crippen molar-refractivity contribution in [1.82, 2.24) is 16.0 Å². The minimum absolute atomic E-state index is 0.00779. The Balaban J connectivity index is 2.36. The highest BCUT2D eigenvalue weighted by Crippen LogP contribution is 2.03. The van der Waals surface area contributed by atoms with Gasteiger partial charge >= 0.3 is 12.1 Å². The van der Waals surface area contributed by atoms with Crippen molar-refractivity contribution >= 4 is 23.9 Å². The molecule has 0 saturated heterocycles. The lowest BCUT2D eigenvalue weighted by Gasteiger charge is -2.15. The van der Waals surface area contributed by atoms with Crippen molar-refractivity contribution in [3.05, 3.63) is 48.6 Å². The Bertz CT molecular complexity index is 647. The van der Waals surface area contributed by atoms with Gasteiger partial charge < -0.3 is 25.8 Å². The van der Waals surface area contributed by atoms with Crippen LogP contribution in [0.4, 0.5) is 4.79 Å². The van der Waals surface area contributed by atoms with Crippen LogP contribution in [0, 0.1) is 0 Å². The monoisotopic (exact) mass is 363 g/mol. The quantitative estimate of drug-likeness (QED) is 0.426. The number of carbonyl (C=O) groups is 4. The lowest BCUT2D eigenvalue weighted by atomic mass is 10.1. The number of carboxylic acids is 1. The fourth-order valence-electron chi connectivity index (χ4n) is 1.87. The molecule has 0 spiro atoms. The first kappa shape index (κ1) is 20.7. The number of carboxylic acid groups (broad SMARTS) is 1. The fraction of sp³-hybridized carbons (Fsp3) is 0.294. The van der Waals surface area contributed by atoms with Gasteiger partial charge in [0.05, 0.1) is 6.54 Å². The van der Waals surface area contributed by atoms with Crippen molar-refractivity contribution in [2.45, 2.75) is 12.5 Å². The summed E-state index contributed by atoms with van der Waals surface area (Å²) < 4.78 is 4.61. The van der Waals surface area contributed by atoms with Gasteiger partial charge in [-0.15, -0.1) is 0 Å². The summed E-state index contributed by atoms with van der Waals surface area (Å²) in [5.41, 5.74) is 0.756. The molecule has 9 nitrogen and oxygen atoms in total. The van der Waals surface area contributed by atoms with Crippen molar-refractivity contribution in [2.75, 3.05) is 19.7 Å². The third kappa shape index (κ3) is 8.48. The molecular weight excluding hydrogens is 342 g/mol. The molecule has 0 saturated carbocycles. The highest BCUT2D eigenvalue weighted by molar-refractivity contribution is 5.89. The summed E-state index contributed by atoms with van der Waals surface area (Å²) in [5, 5.41) is 16.0.